The number of hydrogen-bond acceptors (Lipinski definition) is 8. The van der Waals surface area contributed by atoms with Crippen molar-refractivity contribution in [2.24, 2.45) is 28.8 Å². The van der Waals surface area contributed by atoms with Gasteiger partial charge >= 0.3 is 0 Å². The van der Waals surface area contributed by atoms with E-state index < -0.39 is 11.8 Å². The summed E-state index contributed by atoms with van der Waals surface area (Å²) in [6, 6.07) is 24.0. The van der Waals surface area contributed by atoms with Crippen molar-refractivity contribution in [3.05, 3.63) is 103 Å². The van der Waals surface area contributed by atoms with Crippen molar-refractivity contribution in [2.75, 3.05) is 34.0 Å². The van der Waals surface area contributed by atoms with Gasteiger partial charge < -0.3 is 34.2 Å². The Labute approximate surface area is 319 Å². The van der Waals surface area contributed by atoms with E-state index in [1.54, 1.807) is 13.2 Å². The molecule has 0 spiro atoms. The summed E-state index contributed by atoms with van der Waals surface area (Å²) in [6.45, 7) is 4.51. The summed E-state index contributed by atoms with van der Waals surface area (Å²) in [4.78, 5) is 21.2. The fourth-order valence-electron chi connectivity index (χ4n) is 9.16. The topological polar surface area (TPSA) is 110 Å². The molecule has 9 nitrogen and oxygen atoms in total. The van der Waals surface area contributed by atoms with E-state index in [4.69, 9.17) is 19.0 Å². The van der Waals surface area contributed by atoms with Crippen LogP contribution >= 0.6 is 0 Å². The molecule has 0 radical (unpaired) electrons. The summed E-state index contributed by atoms with van der Waals surface area (Å²) in [5, 5.41) is 24.3. The number of fused-ring (bicyclic) bond motifs is 2. The molecule has 2 N–H and O–H groups in total. The first-order valence-corrected chi connectivity index (χ1v) is 19.6. The third-order valence-corrected chi connectivity index (χ3v) is 11.8. The van der Waals surface area contributed by atoms with Gasteiger partial charge in [0.25, 0.3) is 0 Å². The molecule has 7 rings (SSSR count). The third-order valence-electron chi connectivity index (χ3n) is 11.8. The summed E-state index contributed by atoms with van der Waals surface area (Å²) in [5.74, 6) is 0.876. The lowest BCUT2D eigenvalue weighted by Gasteiger charge is -2.59. The number of ether oxygens (including phenoxy) is 3. The summed E-state index contributed by atoms with van der Waals surface area (Å²) in [5.41, 5.74) is 5.10. The van der Waals surface area contributed by atoms with Crippen LogP contribution in [0.3, 0.4) is 0 Å². The number of carbonyl (C=O) groups excluding carboxylic acids is 1. The number of nitrogens with zero attached hydrogens (tertiary/aromatic N) is 2. The molecule has 286 valence electrons. The lowest BCUT2D eigenvalue weighted by molar-refractivity contribution is -0.255. The number of aliphatic hydroxyl groups excluding tert-OH is 2. The summed E-state index contributed by atoms with van der Waals surface area (Å²) in [6.07, 6.45) is 11.2. The van der Waals surface area contributed by atoms with Gasteiger partial charge in [-0.1, -0.05) is 72.6 Å². The predicted octanol–water partition coefficient (Wildman–Crippen LogP) is 8.28. The molecule has 0 aromatic heterocycles. The molecule has 3 aliphatic carbocycles. The molecule has 9 heteroatoms. The van der Waals surface area contributed by atoms with Crippen LogP contribution in [0.4, 0.5) is 0 Å². The van der Waals surface area contributed by atoms with Crippen LogP contribution in [0, 0.1) is 23.7 Å². The van der Waals surface area contributed by atoms with E-state index in [0.717, 1.165) is 78.7 Å². The number of oxime groups is 1. The first-order valence-electron chi connectivity index (χ1n) is 19.6. The average molecular weight is 735 g/mol. The first-order chi connectivity index (χ1) is 26.4. The summed E-state index contributed by atoms with van der Waals surface area (Å²) < 4.78 is 20.7. The molecule has 1 heterocycles. The quantitative estimate of drug-likeness (QED) is 0.0816. The van der Waals surface area contributed by atoms with E-state index >= 15 is 0 Å². The van der Waals surface area contributed by atoms with Crippen LogP contribution in [0.25, 0.3) is 11.1 Å². The van der Waals surface area contributed by atoms with E-state index in [2.05, 4.69) is 48.1 Å². The Morgan fingerprint density at radius 3 is 2.35 bits per heavy atom. The van der Waals surface area contributed by atoms with Gasteiger partial charge in [-0.3, -0.25) is 4.79 Å². The highest BCUT2D eigenvalue weighted by atomic mass is 16.7. The van der Waals surface area contributed by atoms with E-state index in [1.165, 1.54) is 0 Å². The zero-order valence-electron chi connectivity index (χ0n) is 31.6. The number of unbranched alkanes of at least 4 members (excludes halogenated alkanes) is 2. The first kappa shape index (κ1) is 37.9. The zero-order chi connectivity index (χ0) is 37.7. The minimum Gasteiger partial charge on any atom is -0.459 e. The van der Waals surface area contributed by atoms with Crippen molar-refractivity contribution >= 4 is 11.6 Å². The number of benzene rings is 3. The van der Waals surface area contributed by atoms with Crippen molar-refractivity contribution in [1.29, 1.82) is 0 Å². The number of hydrogen-bond donors (Lipinski definition) is 2. The Hall–Kier alpha value is -4.44. The second-order valence-electron chi connectivity index (χ2n) is 15.2. The maximum Gasteiger partial charge on any atom is 0.239 e. The molecular weight excluding hydrogens is 681 g/mol. The molecule has 3 aromatic carbocycles. The monoisotopic (exact) mass is 734 g/mol. The minimum absolute atomic E-state index is 0.00726. The van der Waals surface area contributed by atoms with Gasteiger partial charge in [-0.05, 0) is 97.4 Å². The average Bonchev–Trinajstić information content (AvgIpc) is 4.05. The SMILES string of the molecule is C=CCOC12Oc3ccc(Oc4ccc(-c5ccccc5)cc4)cc3C3C(CCCCO)C(CCCCO)C=C(C(=NOC)CC1N(C)C(=O)C1CC1)C32. The standard InChI is InChI=1S/C45H54N2O7/c1-4-26-52-45-41(47(2)44(50)32-16-17-32)29-39(46-51-3)37-27-33(14-8-10-24-48)36(15-9-11-25-49)42(43(37)45)38-28-35(22-23-40(38)54-45)53-34-20-18-31(19-21-34)30-12-6-5-7-13-30/h4-7,12-13,18-23,27-28,32-33,36,41-43,48-49H,1,8-11,14-17,24-26,29H2,2-3H3. The second-order valence-corrected chi connectivity index (χ2v) is 15.2. The van der Waals surface area contributed by atoms with Gasteiger partial charge in [0.05, 0.1) is 18.2 Å². The molecular formula is C45H54N2O7. The van der Waals surface area contributed by atoms with Crippen LogP contribution < -0.4 is 9.47 Å². The maximum absolute atomic E-state index is 13.9. The van der Waals surface area contributed by atoms with Crippen LogP contribution in [-0.2, 0) is 14.4 Å². The molecule has 2 saturated carbocycles. The Bertz CT molecular complexity index is 1820. The fourth-order valence-corrected chi connectivity index (χ4v) is 9.16. The second kappa shape index (κ2) is 16.9. The van der Waals surface area contributed by atoms with Gasteiger partial charge in [-0.15, -0.1) is 6.58 Å². The van der Waals surface area contributed by atoms with Crippen LogP contribution in [0.1, 0.15) is 69.3 Å². The Morgan fingerprint density at radius 2 is 1.67 bits per heavy atom. The van der Waals surface area contributed by atoms with Crippen molar-refractivity contribution in [2.45, 2.75) is 75.5 Å². The van der Waals surface area contributed by atoms with E-state index in [9.17, 15) is 15.0 Å². The van der Waals surface area contributed by atoms with Gasteiger partial charge in [-0.25, -0.2) is 0 Å². The van der Waals surface area contributed by atoms with Crippen molar-refractivity contribution < 1.29 is 34.1 Å². The van der Waals surface area contributed by atoms with Gasteiger partial charge in [0, 0.05) is 44.1 Å². The Morgan fingerprint density at radius 1 is 0.963 bits per heavy atom. The molecule has 0 bridgehead atoms. The maximum atomic E-state index is 13.9. The predicted molar refractivity (Wildman–Crippen MR) is 209 cm³/mol. The third kappa shape index (κ3) is 7.59. The van der Waals surface area contributed by atoms with Crippen molar-refractivity contribution in [3.63, 3.8) is 0 Å². The molecule has 4 aliphatic rings. The number of aliphatic hydroxyl groups is 2. The Kier molecular flexibility index (Phi) is 11.9. The highest BCUT2D eigenvalue weighted by molar-refractivity contribution is 6.03. The van der Waals surface area contributed by atoms with Crippen molar-refractivity contribution in [3.8, 4) is 28.4 Å². The smallest absolute Gasteiger partial charge is 0.239 e. The van der Waals surface area contributed by atoms with Crippen LogP contribution in [-0.4, -0.2) is 72.5 Å². The highest BCUT2D eigenvalue weighted by Crippen LogP contribution is 2.62. The lowest BCUT2D eigenvalue weighted by Crippen LogP contribution is -2.69. The van der Waals surface area contributed by atoms with Crippen LogP contribution in [0.2, 0.25) is 0 Å². The van der Waals surface area contributed by atoms with Crippen molar-refractivity contribution in [1.82, 2.24) is 4.90 Å². The van der Waals surface area contributed by atoms with Crippen LogP contribution in [0.15, 0.2) is 102 Å². The number of carbonyl (C=O) groups is 1. The largest absolute Gasteiger partial charge is 0.459 e. The van der Waals surface area contributed by atoms with Gasteiger partial charge in [-0.2, -0.15) is 0 Å². The number of likely N-dealkylation sites (N-methyl/N-ethyl adjacent to an activating group) is 1. The molecule has 6 unspecified atom stereocenters. The number of amides is 1. The fraction of sp³-hybridized carbons (Fsp3) is 0.467. The number of allylic oxidation sites excluding steroid dienone is 1. The Balaban J connectivity index is 1.36. The normalized spacial score (nSPS) is 26.2. The van der Waals surface area contributed by atoms with E-state index in [-0.39, 0.29) is 55.3 Å². The summed E-state index contributed by atoms with van der Waals surface area (Å²) in [7, 11) is 3.44. The van der Waals surface area contributed by atoms with Gasteiger partial charge in [0.1, 0.15) is 30.4 Å². The lowest BCUT2D eigenvalue weighted by atomic mass is 9.55. The van der Waals surface area contributed by atoms with E-state index in [1.807, 2.05) is 54.4 Å². The van der Waals surface area contributed by atoms with Gasteiger partial charge in [0.15, 0.2) is 0 Å². The van der Waals surface area contributed by atoms with Gasteiger partial charge in [0.2, 0.25) is 11.7 Å². The molecule has 2 fully saturated rings. The molecule has 1 aliphatic heterocycles. The molecule has 0 saturated heterocycles. The van der Waals surface area contributed by atoms with Crippen LogP contribution in [0.5, 0.6) is 17.2 Å². The summed E-state index contributed by atoms with van der Waals surface area (Å²) >= 11 is 0. The zero-order valence-corrected chi connectivity index (χ0v) is 31.6. The molecule has 6 atom stereocenters. The number of rotatable bonds is 17. The molecule has 1 amide bonds. The molecule has 3 aromatic rings. The van der Waals surface area contributed by atoms with E-state index in [0.29, 0.717) is 24.3 Å². The molecule has 54 heavy (non-hydrogen) atoms. The minimum atomic E-state index is -1.23. The highest BCUT2D eigenvalue weighted by Gasteiger charge is 2.65.